The van der Waals surface area contributed by atoms with Gasteiger partial charge in [-0.2, -0.15) is 0 Å². The van der Waals surface area contributed by atoms with Gasteiger partial charge in [-0.1, -0.05) is 35.9 Å². The Morgan fingerprint density at radius 3 is 2.75 bits per heavy atom. The smallest absolute Gasteiger partial charge is 0.134 e. The van der Waals surface area contributed by atoms with Crippen LogP contribution in [0, 0.1) is 0 Å². The van der Waals surface area contributed by atoms with Gasteiger partial charge in [0.05, 0.1) is 6.10 Å². The summed E-state index contributed by atoms with van der Waals surface area (Å²) in [6.07, 6.45) is 3.06. The Balaban J connectivity index is 1.44. The molecule has 6 heteroatoms. The van der Waals surface area contributed by atoms with Crippen LogP contribution in [0.25, 0.3) is 0 Å². The van der Waals surface area contributed by atoms with Gasteiger partial charge in [0.25, 0.3) is 0 Å². The van der Waals surface area contributed by atoms with E-state index in [-0.39, 0.29) is 6.04 Å². The number of β-amino-alcohol motifs (C(OH)–C–C–N with tert-alkyl or cyclic N) is 1. The van der Waals surface area contributed by atoms with E-state index in [4.69, 9.17) is 11.6 Å². The molecule has 0 bridgehead atoms. The maximum absolute atomic E-state index is 10.7. The van der Waals surface area contributed by atoms with Crippen molar-refractivity contribution in [2.24, 2.45) is 0 Å². The summed E-state index contributed by atoms with van der Waals surface area (Å²) in [5.41, 5.74) is 2.83. The number of rotatable bonds is 2. The molecular formula is C18H21ClN4O. The fraction of sp³-hybridized carbons (Fsp3) is 0.444. The zero-order valence-corrected chi connectivity index (χ0v) is 14.2. The standard InChI is InChI=1S/C18H21ClN4O/c19-17-9-18(21-12-20-17)23-8-6-15(16(24)11-23)22-7-5-13-3-1-2-4-14(13)10-22/h1-4,9,12,15-16,24H,5-8,10-11H2/t15-,16-/m1/s1. The molecule has 2 aliphatic heterocycles. The van der Waals surface area contributed by atoms with Gasteiger partial charge in [0.1, 0.15) is 17.3 Å². The quantitative estimate of drug-likeness (QED) is 0.846. The van der Waals surface area contributed by atoms with Gasteiger partial charge < -0.3 is 10.0 Å². The van der Waals surface area contributed by atoms with E-state index in [1.54, 1.807) is 6.07 Å². The van der Waals surface area contributed by atoms with Gasteiger partial charge in [-0.05, 0) is 24.0 Å². The fourth-order valence-corrected chi connectivity index (χ4v) is 3.99. The molecule has 0 unspecified atom stereocenters. The molecule has 1 aromatic heterocycles. The second kappa shape index (κ2) is 6.67. The van der Waals surface area contributed by atoms with Crippen LogP contribution in [-0.4, -0.2) is 51.8 Å². The normalized spacial score (nSPS) is 24.7. The predicted molar refractivity (Wildman–Crippen MR) is 94.2 cm³/mol. The van der Waals surface area contributed by atoms with Crippen LogP contribution in [0.3, 0.4) is 0 Å². The lowest BCUT2D eigenvalue weighted by molar-refractivity contribution is 0.0293. The van der Waals surface area contributed by atoms with E-state index in [1.807, 2.05) is 0 Å². The maximum atomic E-state index is 10.7. The van der Waals surface area contributed by atoms with Crippen molar-refractivity contribution >= 4 is 17.4 Å². The first-order valence-corrected chi connectivity index (χ1v) is 8.80. The third-order valence-corrected chi connectivity index (χ3v) is 5.33. The Morgan fingerprint density at radius 2 is 1.96 bits per heavy atom. The van der Waals surface area contributed by atoms with Gasteiger partial charge >= 0.3 is 0 Å². The summed E-state index contributed by atoms with van der Waals surface area (Å²) in [7, 11) is 0. The number of fused-ring (bicyclic) bond motifs is 1. The van der Waals surface area contributed by atoms with E-state index in [2.05, 4.69) is 44.0 Å². The molecule has 2 atom stereocenters. The fourth-order valence-electron chi connectivity index (χ4n) is 3.85. The van der Waals surface area contributed by atoms with Crippen LogP contribution in [-0.2, 0) is 13.0 Å². The lowest BCUT2D eigenvalue weighted by Crippen LogP contribution is -2.55. The Hall–Kier alpha value is -1.69. The van der Waals surface area contributed by atoms with Crippen molar-refractivity contribution in [2.75, 3.05) is 24.5 Å². The second-order valence-corrected chi connectivity index (χ2v) is 6.94. The number of aromatic nitrogens is 2. The molecular weight excluding hydrogens is 324 g/mol. The van der Waals surface area contributed by atoms with Gasteiger partial charge in [-0.25, -0.2) is 9.97 Å². The Labute approximate surface area is 146 Å². The largest absolute Gasteiger partial charge is 0.390 e. The first-order valence-electron chi connectivity index (χ1n) is 8.42. The highest BCUT2D eigenvalue weighted by atomic mass is 35.5. The second-order valence-electron chi connectivity index (χ2n) is 6.56. The predicted octanol–water partition coefficient (Wildman–Crippen LogP) is 2.13. The number of hydrogen-bond donors (Lipinski definition) is 1. The number of aliphatic hydroxyl groups is 1. The van der Waals surface area contributed by atoms with Crippen molar-refractivity contribution in [1.82, 2.24) is 14.9 Å². The average Bonchev–Trinajstić information content (AvgIpc) is 2.61. The first kappa shape index (κ1) is 15.8. The minimum atomic E-state index is -0.391. The summed E-state index contributed by atoms with van der Waals surface area (Å²) in [6, 6.07) is 10.6. The van der Waals surface area contributed by atoms with Crippen molar-refractivity contribution in [3.05, 3.63) is 52.9 Å². The van der Waals surface area contributed by atoms with Crippen LogP contribution in [0.5, 0.6) is 0 Å². The van der Waals surface area contributed by atoms with E-state index < -0.39 is 6.10 Å². The number of aliphatic hydroxyl groups excluding tert-OH is 1. The molecule has 1 N–H and O–H groups in total. The minimum Gasteiger partial charge on any atom is -0.390 e. The highest BCUT2D eigenvalue weighted by Crippen LogP contribution is 2.27. The van der Waals surface area contributed by atoms with Crippen LogP contribution in [0.2, 0.25) is 5.15 Å². The number of halogens is 1. The summed E-state index contributed by atoms with van der Waals surface area (Å²) >= 11 is 5.95. The molecule has 1 saturated heterocycles. The molecule has 0 saturated carbocycles. The van der Waals surface area contributed by atoms with E-state index in [1.165, 1.54) is 17.5 Å². The van der Waals surface area contributed by atoms with Gasteiger partial charge in [0, 0.05) is 38.3 Å². The molecule has 1 aromatic carbocycles. The van der Waals surface area contributed by atoms with Crippen molar-refractivity contribution in [3.8, 4) is 0 Å². The van der Waals surface area contributed by atoms with Crippen LogP contribution in [0.4, 0.5) is 5.82 Å². The molecule has 4 rings (SSSR count). The lowest BCUT2D eigenvalue weighted by Gasteiger charge is -2.43. The van der Waals surface area contributed by atoms with Crippen molar-refractivity contribution in [1.29, 1.82) is 0 Å². The number of nitrogens with zero attached hydrogens (tertiary/aromatic N) is 4. The summed E-state index contributed by atoms with van der Waals surface area (Å²) in [6.45, 7) is 3.39. The third-order valence-electron chi connectivity index (χ3n) is 5.12. The molecule has 2 aromatic rings. The number of anilines is 1. The highest BCUT2D eigenvalue weighted by Gasteiger charge is 2.34. The summed E-state index contributed by atoms with van der Waals surface area (Å²) in [4.78, 5) is 12.7. The molecule has 3 heterocycles. The van der Waals surface area contributed by atoms with Crippen LogP contribution in [0.15, 0.2) is 36.7 Å². The summed E-state index contributed by atoms with van der Waals surface area (Å²) in [5, 5.41) is 11.1. The van der Waals surface area contributed by atoms with E-state index in [0.717, 1.165) is 38.3 Å². The molecule has 0 aliphatic carbocycles. The molecule has 5 nitrogen and oxygen atoms in total. The maximum Gasteiger partial charge on any atom is 0.134 e. The van der Waals surface area contributed by atoms with Gasteiger partial charge in [-0.3, -0.25) is 4.90 Å². The third kappa shape index (κ3) is 3.11. The van der Waals surface area contributed by atoms with E-state index >= 15 is 0 Å². The topological polar surface area (TPSA) is 52.5 Å². The van der Waals surface area contributed by atoms with Crippen LogP contribution in [0.1, 0.15) is 17.5 Å². The van der Waals surface area contributed by atoms with Gasteiger partial charge in [-0.15, -0.1) is 0 Å². The minimum absolute atomic E-state index is 0.201. The van der Waals surface area contributed by atoms with Crippen molar-refractivity contribution in [3.63, 3.8) is 0 Å². The van der Waals surface area contributed by atoms with Crippen LogP contribution >= 0.6 is 11.6 Å². The molecule has 24 heavy (non-hydrogen) atoms. The summed E-state index contributed by atoms with van der Waals surface area (Å²) < 4.78 is 0. The molecule has 0 spiro atoms. The Kier molecular flexibility index (Phi) is 4.39. The molecule has 1 fully saturated rings. The Morgan fingerprint density at radius 1 is 1.12 bits per heavy atom. The number of benzene rings is 1. The van der Waals surface area contributed by atoms with Crippen molar-refractivity contribution in [2.45, 2.75) is 31.5 Å². The highest BCUT2D eigenvalue weighted by molar-refractivity contribution is 6.29. The van der Waals surface area contributed by atoms with Gasteiger partial charge in [0.15, 0.2) is 0 Å². The lowest BCUT2D eigenvalue weighted by atomic mass is 9.94. The zero-order chi connectivity index (χ0) is 16.5. The Bertz CT molecular complexity index is 726. The van der Waals surface area contributed by atoms with Gasteiger partial charge in [0.2, 0.25) is 0 Å². The number of hydrogen-bond acceptors (Lipinski definition) is 5. The van der Waals surface area contributed by atoms with Crippen LogP contribution < -0.4 is 4.90 Å². The molecule has 0 amide bonds. The SMILES string of the molecule is O[C@@H]1CN(c2cc(Cl)ncn2)CC[C@H]1N1CCc2ccccc2C1. The average molecular weight is 345 g/mol. The van der Waals surface area contributed by atoms with Crippen molar-refractivity contribution < 1.29 is 5.11 Å². The summed E-state index contributed by atoms with van der Waals surface area (Å²) in [5.74, 6) is 0.788. The van der Waals surface area contributed by atoms with E-state index in [9.17, 15) is 5.11 Å². The molecule has 2 aliphatic rings. The number of piperidine rings is 1. The zero-order valence-electron chi connectivity index (χ0n) is 13.5. The van der Waals surface area contributed by atoms with E-state index in [0.29, 0.717) is 11.7 Å². The molecule has 0 radical (unpaired) electrons. The first-order chi connectivity index (χ1) is 11.7. The molecule has 126 valence electrons. The monoisotopic (exact) mass is 344 g/mol.